The third-order valence-electron chi connectivity index (χ3n) is 4.28. The number of rotatable bonds is 9. The Kier molecular flexibility index (Phi) is 7.44. The second-order valence-electron chi connectivity index (χ2n) is 6.29. The minimum Gasteiger partial charge on any atom is -0.355 e. The average molecular weight is 345 g/mol. The van der Waals surface area contributed by atoms with E-state index in [4.69, 9.17) is 0 Å². The quantitative estimate of drug-likeness (QED) is 0.674. The van der Waals surface area contributed by atoms with Gasteiger partial charge in [-0.2, -0.15) is 0 Å². The number of amides is 3. The second-order valence-corrected chi connectivity index (χ2v) is 6.29. The van der Waals surface area contributed by atoms with Gasteiger partial charge >= 0.3 is 0 Å². The minimum absolute atomic E-state index is 0.0288. The Morgan fingerprint density at radius 2 is 1.84 bits per heavy atom. The molecule has 1 fully saturated rings. The first kappa shape index (κ1) is 19.0. The molecule has 3 amide bonds. The smallest absolute Gasteiger partial charge is 0.251 e. The largest absolute Gasteiger partial charge is 0.355 e. The third kappa shape index (κ3) is 5.89. The van der Waals surface area contributed by atoms with E-state index in [0.717, 1.165) is 37.9 Å². The van der Waals surface area contributed by atoms with Gasteiger partial charge in [0.1, 0.15) is 0 Å². The van der Waals surface area contributed by atoms with Gasteiger partial charge in [-0.15, -0.1) is 0 Å². The SMILES string of the molecule is CCCCCCNC(=O)CNC(=O)c1ccc(N2CCCC2=O)cc1. The molecule has 6 nitrogen and oxygen atoms in total. The number of benzene rings is 1. The van der Waals surface area contributed by atoms with E-state index in [1.807, 2.05) is 0 Å². The summed E-state index contributed by atoms with van der Waals surface area (Å²) in [4.78, 5) is 37.2. The van der Waals surface area contributed by atoms with Gasteiger partial charge in [-0.05, 0) is 37.1 Å². The number of nitrogens with zero attached hydrogens (tertiary/aromatic N) is 1. The van der Waals surface area contributed by atoms with Gasteiger partial charge in [-0.3, -0.25) is 14.4 Å². The summed E-state index contributed by atoms with van der Waals surface area (Å²) in [6, 6.07) is 6.90. The van der Waals surface area contributed by atoms with Crippen molar-refractivity contribution in [3.63, 3.8) is 0 Å². The molecule has 1 aliphatic heterocycles. The second kappa shape index (κ2) is 9.81. The van der Waals surface area contributed by atoms with Crippen LogP contribution in [0, 0.1) is 0 Å². The highest BCUT2D eigenvalue weighted by Gasteiger charge is 2.21. The summed E-state index contributed by atoms with van der Waals surface area (Å²) in [5.74, 6) is -0.350. The monoisotopic (exact) mass is 345 g/mol. The van der Waals surface area contributed by atoms with Gasteiger partial charge in [0.05, 0.1) is 6.54 Å². The lowest BCUT2D eigenvalue weighted by Gasteiger charge is -2.15. The van der Waals surface area contributed by atoms with Crippen molar-refractivity contribution in [3.05, 3.63) is 29.8 Å². The van der Waals surface area contributed by atoms with Crippen LogP contribution in [0.1, 0.15) is 55.8 Å². The van der Waals surface area contributed by atoms with Crippen molar-refractivity contribution in [1.82, 2.24) is 10.6 Å². The van der Waals surface area contributed by atoms with Crippen LogP contribution in [0.2, 0.25) is 0 Å². The molecule has 1 aromatic rings. The van der Waals surface area contributed by atoms with E-state index in [9.17, 15) is 14.4 Å². The predicted molar refractivity (Wildman–Crippen MR) is 97.5 cm³/mol. The fourth-order valence-corrected chi connectivity index (χ4v) is 2.82. The van der Waals surface area contributed by atoms with E-state index < -0.39 is 0 Å². The van der Waals surface area contributed by atoms with Crippen LogP contribution < -0.4 is 15.5 Å². The number of hydrogen-bond donors (Lipinski definition) is 2. The van der Waals surface area contributed by atoms with Crippen molar-refractivity contribution in [2.75, 3.05) is 24.5 Å². The molecule has 0 aliphatic carbocycles. The first-order valence-electron chi connectivity index (χ1n) is 9.07. The van der Waals surface area contributed by atoms with Crippen molar-refractivity contribution in [3.8, 4) is 0 Å². The third-order valence-corrected chi connectivity index (χ3v) is 4.28. The molecule has 0 saturated carbocycles. The maximum absolute atomic E-state index is 12.1. The van der Waals surface area contributed by atoms with Crippen LogP contribution in [0.3, 0.4) is 0 Å². The summed E-state index contributed by atoms with van der Waals surface area (Å²) in [7, 11) is 0. The molecule has 0 aromatic heterocycles. The molecule has 0 radical (unpaired) electrons. The van der Waals surface area contributed by atoms with Crippen LogP contribution in [0.25, 0.3) is 0 Å². The molecular formula is C19H27N3O3. The van der Waals surface area contributed by atoms with Crippen LogP contribution in [-0.4, -0.2) is 37.4 Å². The number of nitrogens with one attached hydrogen (secondary N) is 2. The molecule has 2 N–H and O–H groups in total. The van der Waals surface area contributed by atoms with Gasteiger partial charge in [0.15, 0.2) is 0 Å². The Balaban J connectivity index is 1.73. The Hall–Kier alpha value is -2.37. The van der Waals surface area contributed by atoms with E-state index in [1.165, 1.54) is 6.42 Å². The topological polar surface area (TPSA) is 78.5 Å². The Morgan fingerprint density at radius 3 is 2.48 bits per heavy atom. The van der Waals surface area contributed by atoms with Crippen molar-refractivity contribution in [2.45, 2.75) is 45.4 Å². The predicted octanol–water partition coefficient (Wildman–Crippen LogP) is 2.24. The highest BCUT2D eigenvalue weighted by atomic mass is 16.2. The van der Waals surface area contributed by atoms with E-state index >= 15 is 0 Å². The number of hydrogen-bond acceptors (Lipinski definition) is 3. The zero-order valence-electron chi connectivity index (χ0n) is 14.8. The van der Waals surface area contributed by atoms with E-state index in [-0.39, 0.29) is 24.3 Å². The van der Waals surface area contributed by atoms with Crippen LogP contribution in [0.15, 0.2) is 24.3 Å². The Morgan fingerprint density at radius 1 is 1.08 bits per heavy atom. The maximum atomic E-state index is 12.1. The molecule has 1 aliphatic rings. The molecule has 6 heteroatoms. The van der Waals surface area contributed by atoms with Crippen LogP contribution in [-0.2, 0) is 9.59 Å². The zero-order valence-corrected chi connectivity index (χ0v) is 14.8. The molecule has 1 aromatic carbocycles. The molecule has 0 bridgehead atoms. The standard InChI is InChI=1S/C19H27N3O3/c1-2-3-4-5-12-20-17(23)14-21-19(25)15-8-10-16(11-9-15)22-13-6-7-18(22)24/h8-11H,2-7,12-14H2,1H3,(H,20,23)(H,21,25). The fourth-order valence-electron chi connectivity index (χ4n) is 2.82. The summed E-state index contributed by atoms with van der Waals surface area (Å²) in [5, 5.41) is 5.42. The van der Waals surface area contributed by atoms with E-state index in [0.29, 0.717) is 18.5 Å². The van der Waals surface area contributed by atoms with E-state index in [1.54, 1.807) is 29.2 Å². The summed E-state index contributed by atoms with van der Waals surface area (Å²) < 4.78 is 0. The molecule has 2 rings (SSSR count). The highest BCUT2D eigenvalue weighted by Crippen LogP contribution is 2.21. The lowest BCUT2D eigenvalue weighted by Crippen LogP contribution is -2.37. The van der Waals surface area contributed by atoms with Crippen molar-refractivity contribution in [1.29, 1.82) is 0 Å². The molecule has 1 heterocycles. The molecule has 0 spiro atoms. The van der Waals surface area contributed by atoms with Crippen molar-refractivity contribution < 1.29 is 14.4 Å². The molecule has 0 atom stereocenters. The summed E-state index contributed by atoms with van der Waals surface area (Å²) >= 11 is 0. The van der Waals surface area contributed by atoms with Gasteiger partial charge in [0.25, 0.3) is 5.91 Å². The number of carbonyl (C=O) groups is 3. The van der Waals surface area contributed by atoms with Gasteiger partial charge < -0.3 is 15.5 Å². The zero-order chi connectivity index (χ0) is 18.1. The first-order chi connectivity index (χ1) is 12.1. The van der Waals surface area contributed by atoms with Crippen LogP contribution in [0.4, 0.5) is 5.69 Å². The molecular weight excluding hydrogens is 318 g/mol. The average Bonchev–Trinajstić information content (AvgIpc) is 3.05. The lowest BCUT2D eigenvalue weighted by molar-refractivity contribution is -0.120. The maximum Gasteiger partial charge on any atom is 0.251 e. The number of anilines is 1. The minimum atomic E-state index is -0.291. The summed E-state index contributed by atoms with van der Waals surface area (Å²) in [5.41, 5.74) is 1.29. The van der Waals surface area contributed by atoms with Crippen molar-refractivity contribution in [2.24, 2.45) is 0 Å². The molecule has 136 valence electrons. The number of carbonyl (C=O) groups excluding carboxylic acids is 3. The van der Waals surface area contributed by atoms with Crippen LogP contribution in [0.5, 0.6) is 0 Å². The van der Waals surface area contributed by atoms with Gasteiger partial charge in [0.2, 0.25) is 11.8 Å². The molecule has 1 saturated heterocycles. The summed E-state index contributed by atoms with van der Waals surface area (Å²) in [6.07, 6.45) is 5.85. The van der Waals surface area contributed by atoms with Gasteiger partial charge in [0, 0.05) is 30.8 Å². The lowest BCUT2D eigenvalue weighted by atomic mass is 10.2. The fraction of sp³-hybridized carbons (Fsp3) is 0.526. The summed E-state index contributed by atoms with van der Waals surface area (Å²) in [6.45, 7) is 3.48. The Bertz CT molecular complexity index is 598. The van der Waals surface area contributed by atoms with Crippen molar-refractivity contribution >= 4 is 23.4 Å². The van der Waals surface area contributed by atoms with Crippen LogP contribution >= 0.6 is 0 Å². The van der Waals surface area contributed by atoms with Gasteiger partial charge in [-0.1, -0.05) is 26.2 Å². The molecule has 0 unspecified atom stereocenters. The Labute approximate surface area is 149 Å². The number of unbranched alkanes of at least 4 members (excludes halogenated alkanes) is 3. The molecule has 25 heavy (non-hydrogen) atoms. The van der Waals surface area contributed by atoms with Gasteiger partial charge in [-0.25, -0.2) is 0 Å². The first-order valence-corrected chi connectivity index (χ1v) is 9.07. The normalized spacial score (nSPS) is 13.8. The van der Waals surface area contributed by atoms with E-state index in [2.05, 4.69) is 17.6 Å². The highest BCUT2D eigenvalue weighted by molar-refractivity contribution is 5.98.